The van der Waals surface area contributed by atoms with Crippen LogP contribution in [0.5, 0.6) is 0 Å². The van der Waals surface area contributed by atoms with E-state index in [0.717, 1.165) is 26.2 Å². The predicted octanol–water partition coefficient (Wildman–Crippen LogP) is 1.15. The maximum absolute atomic E-state index is 11.1. The van der Waals surface area contributed by atoms with E-state index in [2.05, 4.69) is 17.3 Å². The number of rotatable bonds is 1. The van der Waals surface area contributed by atoms with Gasteiger partial charge in [-0.15, -0.1) is 0 Å². The Balaban J connectivity index is 0.000000199. The van der Waals surface area contributed by atoms with Gasteiger partial charge in [-0.1, -0.05) is 12.8 Å². The molecule has 1 saturated heterocycles. The van der Waals surface area contributed by atoms with Crippen LogP contribution < -0.4 is 5.32 Å². The number of urea groups is 1. The van der Waals surface area contributed by atoms with E-state index < -0.39 is 0 Å². The second kappa shape index (κ2) is 8.32. The molecule has 1 aliphatic carbocycles. The van der Waals surface area contributed by atoms with Gasteiger partial charge in [-0.3, -0.25) is 0 Å². The van der Waals surface area contributed by atoms with E-state index in [-0.39, 0.29) is 6.03 Å². The second-order valence-corrected chi connectivity index (χ2v) is 4.99. The number of nitrogens with zero attached hydrogens (tertiary/aromatic N) is 2. The highest BCUT2D eigenvalue weighted by Gasteiger charge is 2.17. The van der Waals surface area contributed by atoms with E-state index >= 15 is 0 Å². The zero-order valence-corrected chi connectivity index (χ0v) is 11.9. The minimum Gasteiger partial charge on any atom is -0.381 e. The van der Waals surface area contributed by atoms with Crippen molar-refractivity contribution in [2.24, 2.45) is 0 Å². The molecule has 1 aliphatic heterocycles. The van der Waals surface area contributed by atoms with E-state index in [4.69, 9.17) is 4.74 Å². The van der Waals surface area contributed by atoms with Crippen molar-refractivity contribution in [3.8, 4) is 0 Å². The minimum atomic E-state index is 0.0399. The zero-order valence-electron chi connectivity index (χ0n) is 11.9. The Labute approximate surface area is 110 Å². The van der Waals surface area contributed by atoms with Crippen LogP contribution in [0.3, 0.4) is 0 Å². The maximum Gasteiger partial charge on any atom is 0.317 e. The fraction of sp³-hybridized carbons (Fsp3) is 0.923. The lowest BCUT2D eigenvalue weighted by Gasteiger charge is -2.31. The van der Waals surface area contributed by atoms with Gasteiger partial charge in [0.15, 0.2) is 0 Å². The van der Waals surface area contributed by atoms with E-state index in [1.807, 2.05) is 4.90 Å². The minimum absolute atomic E-state index is 0.0399. The van der Waals surface area contributed by atoms with E-state index in [9.17, 15) is 4.79 Å². The number of nitrogens with one attached hydrogen (secondary N) is 1. The van der Waals surface area contributed by atoms with Crippen molar-refractivity contribution in [3.63, 3.8) is 0 Å². The molecular formula is C13H27N3O2. The summed E-state index contributed by atoms with van der Waals surface area (Å²) in [6.45, 7) is 3.65. The van der Waals surface area contributed by atoms with Crippen molar-refractivity contribution in [2.75, 3.05) is 47.4 Å². The van der Waals surface area contributed by atoms with Gasteiger partial charge in [0.1, 0.15) is 0 Å². The number of carbonyl (C=O) groups is 1. The van der Waals surface area contributed by atoms with Gasteiger partial charge < -0.3 is 19.9 Å². The standard InChI is InChI=1S/C7H15N3O.C6H12O/c1-8-7(11)10-5-3-9(2)4-6-10;1-7-6-4-2-3-5-6/h3-6H2,1-2H3,(H,8,11);6H,2-5H2,1H3. The average molecular weight is 257 g/mol. The number of piperazine rings is 1. The Kier molecular flexibility index (Phi) is 7.05. The number of carbonyl (C=O) groups excluding carboxylic acids is 1. The first-order valence-electron chi connectivity index (χ1n) is 6.85. The summed E-state index contributed by atoms with van der Waals surface area (Å²) in [6, 6.07) is 0.0399. The first-order chi connectivity index (χ1) is 8.67. The zero-order chi connectivity index (χ0) is 13.4. The molecule has 0 atom stereocenters. The van der Waals surface area contributed by atoms with Gasteiger partial charge in [-0.2, -0.15) is 0 Å². The highest BCUT2D eigenvalue weighted by molar-refractivity contribution is 5.73. The smallest absolute Gasteiger partial charge is 0.317 e. The van der Waals surface area contributed by atoms with Gasteiger partial charge in [0.2, 0.25) is 0 Å². The van der Waals surface area contributed by atoms with Crippen LogP contribution in [0.2, 0.25) is 0 Å². The van der Waals surface area contributed by atoms with Crippen LogP contribution in [0.25, 0.3) is 0 Å². The van der Waals surface area contributed by atoms with Crippen molar-refractivity contribution in [2.45, 2.75) is 31.8 Å². The Morgan fingerprint density at radius 1 is 1.17 bits per heavy atom. The number of amides is 2. The predicted molar refractivity (Wildman–Crippen MR) is 72.8 cm³/mol. The molecule has 106 valence electrons. The highest BCUT2D eigenvalue weighted by Crippen LogP contribution is 2.19. The fourth-order valence-corrected chi connectivity index (χ4v) is 2.29. The average Bonchev–Trinajstić information content (AvgIpc) is 2.92. The SMILES string of the molecule is CNC(=O)N1CCN(C)CC1.COC1CCCC1. The Morgan fingerprint density at radius 3 is 2.11 bits per heavy atom. The molecule has 5 nitrogen and oxygen atoms in total. The molecular weight excluding hydrogens is 230 g/mol. The summed E-state index contributed by atoms with van der Waals surface area (Å²) < 4.78 is 5.11. The van der Waals surface area contributed by atoms with Gasteiger partial charge in [-0.25, -0.2) is 4.79 Å². The molecule has 0 aromatic heterocycles. The molecule has 0 unspecified atom stereocenters. The van der Waals surface area contributed by atoms with E-state index in [1.165, 1.54) is 25.7 Å². The molecule has 0 aromatic rings. The van der Waals surface area contributed by atoms with Crippen LogP contribution in [-0.2, 0) is 4.74 Å². The van der Waals surface area contributed by atoms with Crippen LogP contribution in [0.15, 0.2) is 0 Å². The third kappa shape index (κ3) is 5.23. The van der Waals surface area contributed by atoms with Crippen molar-refractivity contribution < 1.29 is 9.53 Å². The van der Waals surface area contributed by atoms with Crippen LogP contribution in [0.4, 0.5) is 4.79 Å². The quantitative estimate of drug-likeness (QED) is 0.766. The first kappa shape index (κ1) is 15.2. The lowest BCUT2D eigenvalue weighted by atomic mass is 10.3. The van der Waals surface area contributed by atoms with Crippen molar-refractivity contribution in [1.82, 2.24) is 15.1 Å². The summed E-state index contributed by atoms with van der Waals surface area (Å²) >= 11 is 0. The van der Waals surface area contributed by atoms with Gasteiger partial charge in [0, 0.05) is 40.3 Å². The highest BCUT2D eigenvalue weighted by atomic mass is 16.5. The Bertz CT molecular complexity index is 234. The van der Waals surface area contributed by atoms with Gasteiger partial charge in [0.05, 0.1) is 6.10 Å². The lowest BCUT2D eigenvalue weighted by Crippen LogP contribution is -2.49. The molecule has 0 spiro atoms. The third-order valence-corrected chi connectivity index (χ3v) is 3.64. The number of likely N-dealkylation sites (N-methyl/N-ethyl adjacent to an activating group) is 1. The number of hydrogen-bond acceptors (Lipinski definition) is 3. The van der Waals surface area contributed by atoms with Gasteiger partial charge in [0.25, 0.3) is 0 Å². The summed E-state index contributed by atoms with van der Waals surface area (Å²) in [5, 5.41) is 2.62. The van der Waals surface area contributed by atoms with E-state index in [1.54, 1.807) is 14.2 Å². The second-order valence-electron chi connectivity index (χ2n) is 4.99. The molecule has 1 N–H and O–H groups in total. The Hall–Kier alpha value is -0.810. The molecule has 5 heteroatoms. The van der Waals surface area contributed by atoms with Crippen LogP contribution >= 0.6 is 0 Å². The third-order valence-electron chi connectivity index (χ3n) is 3.64. The molecule has 0 radical (unpaired) electrons. The summed E-state index contributed by atoms with van der Waals surface area (Å²) in [4.78, 5) is 15.1. The van der Waals surface area contributed by atoms with Crippen LogP contribution in [-0.4, -0.2) is 69.3 Å². The molecule has 2 amide bonds. The van der Waals surface area contributed by atoms with E-state index in [0.29, 0.717) is 6.10 Å². The lowest BCUT2D eigenvalue weighted by molar-refractivity contribution is 0.109. The van der Waals surface area contributed by atoms with Gasteiger partial charge in [-0.05, 0) is 19.9 Å². The molecule has 2 rings (SSSR count). The van der Waals surface area contributed by atoms with Crippen molar-refractivity contribution in [1.29, 1.82) is 0 Å². The molecule has 18 heavy (non-hydrogen) atoms. The topological polar surface area (TPSA) is 44.8 Å². The van der Waals surface area contributed by atoms with Crippen LogP contribution in [0, 0.1) is 0 Å². The largest absolute Gasteiger partial charge is 0.381 e. The number of hydrogen-bond donors (Lipinski definition) is 1. The van der Waals surface area contributed by atoms with Crippen molar-refractivity contribution in [3.05, 3.63) is 0 Å². The first-order valence-corrected chi connectivity index (χ1v) is 6.85. The monoisotopic (exact) mass is 257 g/mol. The van der Waals surface area contributed by atoms with Crippen molar-refractivity contribution >= 4 is 6.03 Å². The Morgan fingerprint density at radius 2 is 1.72 bits per heavy atom. The summed E-state index contributed by atoms with van der Waals surface area (Å²) in [5.74, 6) is 0. The molecule has 1 saturated carbocycles. The summed E-state index contributed by atoms with van der Waals surface area (Å²) in [6.07, 6.45) is 5.92. The molecule has 0 bridgehead atoms. The molecule has 2 aliphatic rings. The summed E-state index contributed by atoms with van der Waals surface area (Å²) in [7, 11) is 5.54. The molecule has 2 fully saturated rings. The molecule has 0 aromatic carbocycles. The van der Waals surface area contributed by atoms with Crippen LogP contribution in [0.1, 0.15) is 25.7 Å². The number of methoxy groups -OCH3 is 1. The normalized spacial score (nSPS) is 21.4. The summed E-state index contributed by atoms with van der Waals surface area (Å²) in [5.41, 5.74) is 0. The number of ether oxygens (including phenoxy) is 1. The maximum atomic E-state index is 11.1. The van der Waals surface area contributed by atoms with Gasteiger partial charge >= 0.3 is 6.03 Å². The molecule has 1 heterocycles. The fourth-order valence-electron chi connectivity index (χ4n) is 2.29.